The van der Waals surface area contributed by atoms with Gasteiger partial charge in [-0.05, 0) is 91.7 Å². The van der Waals surface area contributed by atoms with E-state index in [-0.39, 0.29) is 0 Å². The van der Waals surface area contributed by atoms with Crippen molar-refractivity contribution < 1.29 is 5.11 Å². The van der Waals surface area contributed by atoms with Crippen molar-refractivity contribution in [3.8, 4) is 0 Å². The monoisotopic (exact) mass is 462 g/mol. The van der Waals surface area contributed by atoms with Gasteiger partial charge in [-0.25, -0.2) is 4.98 Å². The van der Waals surface area contributed by atoms with Crippen LogP contribution in [0.1, 0.15) is 42.4 Å². The van der Waals surface area contributed by atoms with Crippen molar-refractivity contribution in [3.63, 3.8) is 0 Å². The van der Waals surface area contributed by atoms with Crippen LogP contribution in [0, 0.1) is 0 Å². The number of rotatable bonds is 4. The van der Waals surface area contributed by atoms with Gasteiger partial charge in [0.25, 0.3) is 0 Å². The molecule has 0 radical (unpaired) electrons. The quantitative estimate of drug-likeness (QED) is 0.481. The Morgan fingerprint density at radius 3 is 2.62 bits per heavy atom. The van der Waals surface area contributed by atoms with Crippen LogP contribution in [0.5, 0.6) is 0 Å². The fourth-order valence-electron chi connectivity index (χ4n) is 4.73. The van der Waals surface area contributed by atoms with Crippen molar-refractivity contribution >= 4 is 34.5 Å². The number of hydrogen-bond donors (Lipinski definition) is 2. The minimum absolute atomic E-state index is 0.612. The minimum atomic E-state index is -0.612. The molecule has 3 nitrogen and oxygen atoms in total. The zero-order valence-corrected chi connectivity index (χ0v) is 19.6. The molecule has 3 heterocycles. The largest absolute Gasteiger partial charge is 0.390 e. The smallest absolute Gasteiger partial charge is 0.108 e. The summed E-state index contributed by atoms with van der Waals surface area (Å²) < 4.78 is 0. The molecule has 0 aliphatic carbocycles. The lowest BCUT2D eigenvalue weighted by atomic mass is 9.82. The van der Waals surface area contributed by atoms with Gasteiger partial charge in [0, 0.05) is 21.7 Å². The third-order valence-corrected chi connectivity index (χ3v) is 7.96. The Balaban J connectivity index is 1.64. The Morgan fingerprint density at radius 1 is 1.03 bits per heavy atom. The standard InChI is InChI=1S/C27H27ClN2OS/c28-21-9-7-19(8-10-21)22(11-12-27(31)13-16-29-17-14-27)24-18-20-4-1-2-6-25(20)32-26-23(24)5-3-15-30-26/h1-10,15,29,31H,11-14,16-18H2. The van der Waals surface area contributed by atoms with Gasteiger partial charge in [0.15, 0.2) is 0 Å². The van der Waals surface area contributed by atoms with E-state index >= 15 is 0 Å². The van der Waals surface area contributed by atoms with Crippen molar-refractivity contribution in [1.29, 1.82) is 0 Å². The molecule has 0 saturated carbocycles. The van der Waals surface area contributed by atoms with Crippen LogP contribution in [0.25, 0.3) is 11.1 Å². The van der Waals surface area contributed by atoms with Crippen molar-refractivity contribution in [2.24, 2.45) is 0 Å². The Labute approximate surface area is 198 Å². The van der Waals surface area contributed by atoms with Crippen LogP contribution in [-0.2, 0) is 6.42 Å². The number of hydrogen-bond acceptors (Lipinski definition) is 4. The Bertz CT molecular complexity index is 1140. The molecule has 0 unspecified atom stereocenters. The van der Waals surface area contributed by atoms with Crippen LogP contribution in [0.3, 0.4) is 0 Å². The number of benzene rings is 2. The SMILES string of the molecule is OC1(CCC(=C2Cc3ccccc3Sc3ncccc32)c2ccc(Cl)cc2)CCNCC1. The summed E-state index contributed by atoms with van der Waals surface area (Å²) >= 11 is 7.96. The van der Waals surface area contributed by atoms with Gasteiger partial charge in [0.1, 0.15) is 5.03 Å². The molecule has 1 fully saturated rings. The molecule has 1 aromatic heterocycles. The predicted octanol–water partition coefficient (Wildman–Crippen LogP) is 6.25. The van der Waals surface area contributed by atoms with Crippen LogP contribution in [0.4, 0.5) is 0 Å². The summed E-state index contributed by atoms with van der Waals surface area (Å²) in [4.78, 5) is 5.99. The van der Waals surface area contributed by atoms with Gasteiger partial charge in [-0.2, -0.15) is 0 Å². The number of pyridine rings is 1. The maximum Gasteiger partial charge on any atom is 0.108 e. The zero-order chi connectivity index (χ0) is 22.0. The summed E-state index contributed by atoms with van der Waals surface area (Å²) in [5.74, 6) is 0. The molecule has 5 heteroatoms. The first-order chi connectivity index (χ1) is 15.6. The van der Waals surface area contributed by atoms with Gasteiger partial charge < -0.3 is 10.4 Å². The first-order valence-electron chi connectivity index (χ1n) is 11.2. The van der Waals surface area contributed by atoms with E-state index in [1.54, 1.807) is 11.8 Å². The van der Waals surface area contributed by atoms with E-state index in [2.05, 4.69) is 47.8 Å². The molecule has 2 aliphatic heterocycles. The van der Waals surface area contributed by atoms with E-state index < -0.39 is 5.60 Å². The number of fused-ring (bicyclic) bond motifs is 2. The van der Waals surface area contributed by atoms with E-state index in [0.717, 1.165) is 55.2 Å². The fraction of sp³-hybridized carbons (Fsp3) is 0.296. The third kappa shape index (κ3) is 4.65. The lowest BCUT2D eigenvalue weighted by molar-refractivity contribution is 0.00392. The van der Waals surface area contributed by atoms with Gasteiger partial charge in [0.05, 0.1) is 5.60 Å². The number of nitrogens with one attached hydrogen (secondary N) is 1. The second kappa shape index (κ2) is 9.40. The molecule has 0 bridgehead atoms. The minimum Gasteiger partial charge on any atom is -0.390 e. The number of aliphatic hydroxyl groups is 1. The highest BCUT2D eigenvalue weighted by Crippen LogP contribution is 2.44. The molecule has 2 aromatic carbocycles. The average Bonchev–Trinajstić information content (AvgIpc) is 2.98. The second-order valence-corrected chi connectivity index (χ2v) is 10.1. The summed E-state index contributed by atoms with van der Waals surface area (Å²) in [5.41, 5.74) is 5.64. The molecule has 3 aromatic rings. The van der Waals surface area contributed by atoms with Gasteiger partial charge >= 0.3 is 0 Å². The molecule has 32 heavy (non-hydrogen) atoms. The summed E-state index contributed by atoms with van der Waals surface area (Å²) in [6, 6.07) is 20.9. The number of allylic oxidation sites excluding steroid dienone is 2. The Morgan fingerprint density at radius 2 is 1.81 bits per heavy atom. The van der Waals surface area contributed by atoms with E-state index in [4.69, 9.17) is 16.6 Å². The molecule has 0 atom stereocenters. The average molecular weight is 463 g/mol. The van der Waals surface area contributed by atoms with Gasteiger partial charge in [0.2, 0.25) is 0 Å². The molecule has 2 N–H and O–H groups in total. The number of nitrogens with zero attached hydrogens (tertiary/aromatic N) is 1. The summed E-state index contributed by atoms with van der Waals surface area (Å²) in [5, 5.41) is 16.4. The second-order valence-electron chi connectivity index (χ2n) is 8.68. The molecule has 1 saturated heterocycles. The first kappa shape index (κ1) is 21.7. The van der Waals surface area contributed by atoms with Crippen LogP contribution >= 0.6 is 23.4 Å². The van der Waals surface area contributed by atoms with E-state index in [1.807, 2.05) is 24.4 Å². The van der Waals surface area contributed by atoms with Crippen molar-refractivity contribution in [2.45, 2.75) is 47.6 Å². The molecule has 5 rings (SSSR count). The molecule has 2 aliphatic rings. The van der Waals surface area contributed by atoms with Crippen molar-refractivity contribution in [2.75, 3.05) is 13.1 Å². The van der Waals surface area contributed by atoms with Gasteiger partial charge in [-0.1, -0.05) is 59.8 Å². The molecule has 164 valence electrons. The number of halogens is 1. The number of aromatic nitrogens is 1. The highest BCUT2D eigenvalue weighted by atomic mass is 35.5. The zero-order valence-electron chi connectivity index (χ0n) is 18.0. The molecule has 0 amide bonds. The van der Waals surface area contributed by atoms with Gasteiger partial charge in [-0.15, -0.1) is 0 Å². The van der Waals surface area contributed by atoms with Crippen LogP contribution in [-0.4, -0.2) is 28.8 Å². The van der Waals surface area contributed by atoms with Crippen molar-refractivity contribution in [1.82, 2.24) is 10.3 Å². The third-order valence-electron chi connectivity index (χ3n) is 6.57. The van der Waals surface area contributed by atoms with Crippen molar-refractivity contribution in [3.05, 3.63) is 88.6 Å². The molecular weight excluding hydrogens is 436 g/mol. The van der Waals surface area contributed by atoms with E-state index in [9.17, 15) is 5.11 Å². The maximum absolute atomic E-state index is 11.2. The van der Waals surface area contributed by atoms with E-state index in [0.29, 0.717) is 0 Å². The molecule has 0 spiro atoms. The lowest BCUT2D eigenvalue weighted by Gasteiger charge is -2.33. The summed E-state index contributed by atoms with van der Waals surface area (Å²) in [6.07, 6.45) is 5.88. The lowest BCUT2D eigenvalue weighted by Crippen LogP contribution is -2.41. The first-order valence-corrected chi connectivity index (χ1v) is 12.4. The summed E-state index contributed by atoms with van der Waals surface area (Å²) in [7, 11) is 0. The predicted molar refractivity (Wildman–Crippen MR) is 133 cm³/mol. The van der Waals surface area contributed by atoms with E-state index in [1.165, 1.54) is 32.7 Å². The Hall–Kier alpha value is -2.11. The number of piperidine rings is 1. The van der Waals surface area contributed by atoms with Crippen LogP contribution in [0.15, 0.2) is 76.8 Å². The molecular formula is C27H27ClN2OS. The highest BCUT2D eigenvalue weighted by Gasteiger charge is 2.30. The highest BCUT2D eigenvalue weighted by molar-refractivity contribution is 7.99. The van der Waals surface area contributed by atoms with Crippen LogP contribution < -0.4 is 5.32 Å². The summed E-state index contributed by atoms with van der Waals surface area (Å²) in [6.45, 7) is 1.75. The fourth-order valence-corrected chi connectivity index (χ4v) is 5.90. The topological polar surface area (TPSA) is 45.2 Å². The van der Waals surface area contributed by atoms with Crippen LogP contribution in [0.2, 0.25) is 5.02 Å². The Kier molecular flexibility index (Phi) is 6.38. The maximum atomic E-state index is 11.2. The van der Waals surface area contributed by atoms with Gasteiger partial charge in [-0.3, -0.25) is 0 Å². The normalized spacial score (nSPS) is 18.9.